The standard InChI is InChI=1S/C9H17N/c1-6-9(7(2)3)10-8(4)5/h1,7-10H,2-5H3. The van der Waals surface area contributed by atoms with Gasteiger partial charge in [-0.2, -0.15) is 0 Å². The average Bonchev–Trinajstić information content (AvgIpc) is 1.81. The number of terminal acetylenes is 1. The van der Waals surface area contributed by atoms with E-state index in [0.717, 1.165) is 0 Å². The van der Waals surface area contributed by atoms with Crippen LogP contribution in [0.3, 0.4) is 0 Å². The summed E-state index contributed by atoms with van der Waals surface area (Å²) in [5.41, 5.74) is 0. The summed E-state index contributed by atoms with van der Waals surface area (Å²) >= 11 is 0. The molecule has 1 N–H and O–H groups in total. The van der Waals surface area contributed by atoms with Crippen molar-refractivity contribution in [1.29, 1.82) is 0 Å². The molecule has 0 rings (SSSR count). The van der Waals surface area contributed by atoms with Crippen molar-refractivity contribution in [1.82, 2.24) is 5.32 Å². The predicted molar refractivity (Wildman–Crippen MR) is 45.7 cm³/mol. The lowest BCUT2D eigenvalue weighted by atomic mass is 10.0. The normalized spacial score (nSPS) is 13.7. The summed E-state index contributed by atoms with van der Waals surface area (Å²) in [5.74, 6) is 3.24. The second-order valence-electron chi connectivity index (χ2n) is 3.21. The Hall–Kier alpha value is -0.480. The van der Waals surface area contributed by atoms with Crippen LogP contribution in [0.4, 0.5) is 0 Å². The van der Waals surface area contributed by atoms with Gasteiger partial charge in [0.2, 0.25) is 0 Å². The molecule has 0 aromatic carbocycles. The lowest BCUT2D eigenvalue weighted by molar-refractivity contribution is 0.439. The third kappa shape index (κ3) is 3.53. The largest absolute Gasteiger partial charge is 0.301 e. The fourth-order valence-electron chi connectivity index (χ4n) is 0.792. The zero-order valence-corrected chi connectivity index (χ0v) is 7.31. The quantitative estimate of drug-likeness (QED) is 0.586. The number of hydrogen-bond acceptors (Lipinski definition) is 1. The monoisotopic (exact) mass is 139 g/mol. The third-order valence-corrected chi connectivity index (χ3v) is 1.36. The Kier molecular flexibility index (Phi) is 4.14. The van der Waals surface area contributed by atoms with Crippen molar-refractivity contribution >= 4 is 0 Å². The first-order chi connectivity index (χ1) is 4.57. The Bertz CT molecular complexity index is 119. The summed E-state index contributed by atoms with van der Waals surface area (Å²) in [6.45, 7) is 8.46. The van der Waals surface area contributed by atoms with Gasteiger partial charge in [0, 0.05) is 6.04 Å². The molecule has 0 spiro atoms. The predicted octanol–water partition coefficient (Wildman–Crippen LogP) is 1.64. The zero-order chi connectivity index (χ0) is 8.15. The smallest absolute Gasteiger partial charge is 0.0712 e. The molecule has 0 bridgehead atoms. The van der Waals surface area contributed by atoms with Crippen molar-refractivity contribution in [3.05, 3.63) is 0 Å². The Balaban J connectivity index is 3.75. The van der Waals surface area contributed by atoms with E-state index in [1.165, 1.54) is 0 Å². The van der Waals surface area contributed by atoms with Crippen LogP contribution in [0.2, 0.25) is 0 Å². The van der Waals surface area contributed by atoms with E-state index < -0.39 is 0 Å². The molecule has 0 fully saturated rings. The van der Waals surface area contributed by atoms with Crippen LogP contribution in [0.15, 0.2) is 0 Å². The summed E-state index contributed by atoms with van der Waals surface area (Å²) < 4.78 is 0. The van der Waals surface area contributed by atoms with Crippen LogP contribution >= 0.6 is 0 Å². The molecule has 0 amide bonds. The fourth-order valence-corrected chi connectivity index (χ4v) is 0.792. The molecule has 0 saturated carbocycles. The molecule has 0 heterocycles. The van der Waals surface area contributed by atoms with Crippen LogP contribution in [0, 0.1) is 18.3 Å². The fraction of sp³-hybridized carbons (Fsp3) is 0.778. The second-order valence-corrected chi connectivity index (χ2v) is 3.21. The van der Waals surface area contributed by atoms with Crippen LogP contribution in [-0.2, 0) is 0 Å². The first kappa shape index (κ1) is 9.52. The van der Waals surface area contributed by atoms with Gasteiger partial charge in [0.25, 0.3) is 0 Å². The molecule has 0 saturated heterocycles. The minimum Gasteiger partial charge on any atom is -0.301 e. The van der Waals surface area contributed by atoms with Gasteiger partial charge < -0.3 is 5.32 Å². The first-order valence-corrected chi connectivity index (χ1v) is 3.80. The highest BCUT2D eigenvalue weighted by Gasteiger charge is 2.09. The van der Waals surface area contributed by atoms with Crippen molar-refractivity contribution < 1.29 is 0 Å². The minimum atomic E-state index is 0.222. The van der Waals surface area contributed by atoms with Crippen molar-refractivity contribution in [2.75, 3.05) is 0 Å². The Labute approximate surface area is 64.2 Å². The molecule has 1 unspecified atom stereocenters. The van der Waals surface area contributed by atoms with Gasteiger partial charge in [0.15, 0.2) is 0 Å². The highest BCUT2D eigenvalue weighted by atomic mass is 14.9. The Morgan fingerprint density at radius 2 is 1.70 bits per heavy atom. The van der Waals surface area contributed by atoms with E-state index in [0.29, 0.717) is 12.0 Å². The van der Waals surface area contributed by atoms with Crippen LogP contribution in [-0.4, -0.2) is 12.1 Å². The van der Waals surface area contributed by atoms with E-state index >= 15 is 0 Å². The van der Waals surface area contributed by atoms with Crippen LogP contribution < -0.4 is 5.32 Å². The maximum Gasteiger partial charge on any atom is 0.0712 e. The number of nitrogens with one attached hydrogen (secondary N) is 1. The summed E-state index contributed by atoms with van der Waals surface area (Å²) in [4.78, 5) is 0. The molecule has 0 aliphatic rings. The van der Waals surface area contributed by atoms with Gasteiger partial charge in [0.1, 0.15) is 0 Å². The van der Waals surface area contributed by atoms with Gasteiger partial charge in [-0.05, 0) is 19.8 Å². The third-order valence-electron chi connectivity index (χ3n) is 1.36. The molecule has 0 aromatic heterocycles. The lowest BCUT2D eigenvalue weighted by Crippen LogP contribution is -2.37. The Morgan fingerprint density at radius 1 is 1.20 bits per heavy atom. The summed E-state index contributed by atoms with van der Waals surface area (Å²) in [6.07, 6.45) is 5.31. The number of rotatable bonds is 3. The van der Waals surface area contributed by atoms with E-state index in [2.05, 4.69) is 38.9 Å². The zero-order valence-electron chi connectivity index (χ0n) is 7.31. The SMILES string of the molecule is C#CC(NC(C)C)C(C)C. The van der Waals surface area contributed by atoms with E-state index in [4.69, 9.17) is 6.42 Å². The molecular formula is C9H17N. The van der Waals surface area contributed by atoms with Crippen molar-refractivity contribution in [3.8, 4) is 12.3 Å². The van der Waals surface area contributed by atoms with E-state index in [1.54, 1.807) is 0 Å². The molecule has 1 atom stereocenters. The van der Waals surface area contributed by atoms with Crippen molar-refractivity contribution in [2.45, 2.75) is 39.8 Å². The molecule has 0 aliphatic carbocycles. The molecule has 0 aromatic rings. The molecule has 0 radical (unpaired) electrons. The van der Waals surface area contributed by atoms with Gasteiger partial charge in [-0.1, -0.05) is 19.8 Å². The molecule has 58 valence electrons. The van der Waals surface area contributed by atoms with Crippen molar-refractivity contribution in [2.24, 2.45) is 5.92 Å². The Morgan fingerprint density at radius 3 is 1.80 bits per heavy atom. The molecule has 0 aliphatic heterocycles. The molecule has 1 nitrogen and oxygen atoms in total. The van der Waals surface area contributed by atoms with Crippen LogP contribution in [0.5, 0.6) is 0 Å². The van der Waals surface area contributed by atoms with Gasteiger partial charge in [-0.15, -0.1) is 6.42 Å². The number of hydrogen-bond donors (Lipinski definition) is 1. The minimum absolute atomic E-state index is 0.222. The average molecular weight is 139 g/mol. The van der Waals surface area contributed by atoms with E-state index in [-0.39, 0.29) is 6.04 Å². The summed E-state index contributed by atoms with van der Waals surface area (Å²) in [6, 6.07) is 0.698. The van der Waals surface area contributed by atoms with Crippen molar-refractivity contribution in [3.63, 3.8) is 0 Å². The van der Waals surface area contributed by atoms with Gasteiger partial charge in [0.05, 0.1) is 6.04 Å². The maximum absolute atomic E-state index is 5.31. The van der Waals surface area contributed by atoms with Gasteiger partial charge in [-0.25, -0.2) is 0 Å². The van der Waals surface area contributed by atoms with Crippen LogP contribution in [0.25, 0.3) is 0 Å². The van der Waals surface area contributed by atoms with E-state index in [1.807, 2.05) is 0 Å². The maximum atomic E-state index is 5.31. The van der Waals surface area contributed by atoms with E-state index in [9.17, 15) is 0 Å². The van der Waals surface area contributed by atoms with Gasteiger partial charge in [-0.3, -0.25) is 0 Å². The topological polar surface area (TPSA) is 12.0 Å². The van der Waals surface area contributed by atoms with Crippen LogP contribution in [0.1, 0.15) is 27.7 Å². The highest BCUT2D eigenvalue weighted by Crippen LogP contribution is 2.00. The lowest BCUT2D eigenvalue weighted by Gasteiger charge is -2.18. The summed E-state index contributed by atoms with van der Waals surface area (Å²) in [5, 5.41) is 3.29. The summed E-state index contributed by atoms with van der Waals surface area (Å²) in [7, 11) is 0. The highest BCUT2D eigenvalue weighted by molar-refractivity contribution is 5.00. The molecule has 10 heavy (non-hydrogen) atoms. The molecular weight excluding hydrogens is 122 g/mol. The molecule has 1 heteroatoms. The first-order valence-electron chi connectivity index (χ1n) is 3.80. The van der Waals surface area contributed by atoms with Gasteiger partial charge >= 0.3 is 0 Å². The second kappa shape index (κ2) is 4.35.